The third-order valence-electron chi connectivity index (χ3n) is 2.74. The standard InChI is InChI=1S/C13H14N4OS/c1-3-19-13-15-12-11(16-17-13)9-6-4-5-7-10(9)14-8(2)18-12/h4-8,14H,3H2,1-2H3/t8-/m0/s1. The van der Waals surface area contributed by atoms with Gasteiger partial charge in [0.1, 0.15) is 0 Å². The molecule has 19 heavy (non-hydrogen) atoms. The van der Waals surface area contributed by atoms with Crippen LogP contribution in [0.15, 0.2) is 29.4 Å². The molecule has 0 radical (unpaired) electrons. The van der Waals surface area contributed by atoms with Gasteiger partial charge in [-0.15, -0.1) is 10.2 Å². The summed E-state index contributed by atoms with van der Waals surface area (Å²) in [5.41, 5.74) is 2.64. The number of nitrogens with zero attached hydrogens (tertiary/aromatic N) is 3. The summed E-state index contributed by atoms with van der Waals surface area (Å²) in [5.74, 6) is 1.45. The molecule has 0 saturated carbocycles. The molecule has 3 rings (SSSR count). The van der Waals surface area contributed by atoms with E-state index in [1.807, 2.05) is 31.2 Å². The van der Waals surface area contributed by atoms with Crippen molar-refractivity contribution in [1.82, 2.24) is 15.2 Å². The van der Waals surface area contributed by atoms with Crippen LogP contribution in [0.25, 0.3) is 11.3 Å². The molecule has 1 aliphatic rings. The first-order chi connectivity index (χ1) is 9.28. The maximum atomic E-state index is 5.79. The van der Waals surface area contributed by atoms with Crippen molar-refractivity contribution in [2.24, 2.45) is 0 Å². The molecule has 1 aromatic heterocycles. The molecule has 6 heteroatoms. The lowest BCUT2D eigenvalue weighted by Crippen LogP contribution is -2.21. The summed E-state index contributed by atoms with van der Waals surface area (Å²) in [4.78, 5) is 4.44. The van der Waals surface area contributed by atoms with Crippen molar-refractivity contribution in [1.29, 1.82) is 0 Å². The van der Waals surface area contributed by atoms with Crippen LogP contribution in [-0.2, 0) is 0 Å². The third-order valence-corrected chi connectivity index (χ3v) is 3.46. The zero-order valence-electron chi connectivity index (χ0n) is 10.8. The Bertz CT molecular complexity index is 605. The van der Waals surface area contributed by atoms with Crippen molar-refractivity contribution in [2.75, 3.05) is 11.1 Å². The summed E-state index contributed by atoms with van der Waals surface area (Å²) in [7, 11) is 0. The number of aromatic nitrogens is 3. The Morgan fingerprint density at radius 3 is 3.00 bits per heavy atom. The van der Waals surface area contributed by atoms with Gasteiger partial charge in [0.15, 0.2) is 11.9 Å². The molecule has 1 atom stereocenters. The molecular formula is C13H14N4OS. The maximum Gasteiger partial charge on any atom is 0.247 e. The van der Waals surface area contributed by atoms with Crippen molar-refractivity contribution in [3.63, 3.8) is 0 Å². The van der Waals surface area contributed by atoms with Crippen molar-refractivity contribution < 1.29 is 4.74 Å². The van der Waals surface area contributed by atoms with Gasteiger partial charge in [-0.25, -0.2) is 0 Å². The molecule has 0 fully saturated rings. The number of para-hydroxylation sites is 1. The largest absolute Gasteiger partial charge is 0.452 e. The van der Waals surface area contributed by atoms with Crippen LogP contribution in [0.1, 0.15) is 13.8 Å². The minimum atomic E-state index is -0.154. The van der Waals surface area contributed by atoms with Crippen LogP contribution in [-0.4, -0.2) is 27.2 Å². The quantitative estimate of drug-likeness (QED) is 0.850. The van der Waals surface area contributed by atoms with E-state index in [-0.39, 0.29) is 6.23 Å². The number of benzene rings is 1. The summed E-state index contributed by atoms with van der Waals surface area (Å²) in [5, 5.41) is 12.3. The van der Waals surface area contributed by atoms with Gasteiger partial charge in [-0.05, 0) is 18.7 Å². The Morgan fingerprint density at radius 1 is 1.32 bits per heavy atom. The summed E-state index contributed by atoms with van der Waals surface area (Å²) >= 11 is 1.55. The van der Waals surface area contributed by atoms with Gasteiger partial charge in [0.2, 0.25) is 11.0 Å². The van der Waals surface area contributed by atoms with Crippen LogP contribution in [0.2, 0.25) is 0 Å². The summed E-state index contributed by atoms with van der Waals surface area (Å²) < 4.78 is 5.79. The summed E-state index contributed by atoms with van der Waals surface area (Å²) in [6.45, 7) is 4.00. The highest BCUT2D eigenvalue weighted by Gasteiger charge is 2.22. The van der Waals surface area contributed by atoms with E-state index in [4.69, 9.17) is 4.74 Å². The van der Waals surface area contributed by atoms with E-state index in [0.717, 1.165) is 17.0 Å². The van der Waals surface area contributed by atoms with Crippen molar-refractivity contribution in [2.45, 2.75) is 25.2 Å². The maximum absolute atomic E-state index is 5.79. The number of hydrogen-bond acceptors (Lipinski definition) is 6. The molecule has 0 bridgehead atoms. The highest BCUT2D eigenvalue weighted by atomic mass is 32.2. The van der Waals surface area contributed by atoms with E-state index in [1.54, 1.807) is 11.8 Å². The first-order valence-corrected chi connectivity index (χ1v) is 7.16. The van der Waals surface area contributed by atoms with Crippen molar-refractivity contribution >= 4 is 17.4 Å². The molecule has 0 spiro atoms. The molecule has 5 nitrogen and oxygen atoms in total. The monoisotopic (exact) mass is 274 g/mol. The van der Waals surface area contributed by atoms with Crippen molar-refractivity contribution in [3.05, 3.63) is 24.3 Å². The van der Waals surface area contributed by atoms with E-state index in [1.165, 1.54) is 0 Å². The van der Waals surface area contributed by atoms with Gasteiger partial charge in [-0.2, -0.15) is 4.98 Å². The lowest BCUT2D eigenvalue weighted by Gasteiger charge is -2.13. The average molecular weight is 274 g/mol. The molecular weight excluding hydrogens is 260 g/mol. The smallest absolute Gasteiger partial charge is 0.247 e. The zero-order chi connectivity index (χ0) is 13.2. The second kappa shape index (κ2) is 5.05. The summed E-state index contributed by atoms with van der Waals surface area (Å²) in [6.07, 6.45) is -0.154. The predicted molar refractivity (Wildman–Crippen MR) is 75.4 cm³/mol. The second-order valence-corrected chi connectivity index (χ2v) is 5.36. The van der Waals surface area contributed by atoms with Crippen LogP contribution < -0.4 is 10.1 Å². The van der Waals surface area contributed by atoms with E-state index < -0.39 is 0 Å². The Morgan fingerprint density at radius 2 is 2.16 bits per heavy atom. The number of anilines is 1. The number of fused-ring (bicyclic) bond motifs is 3. The van der Waals surface area contributed by atoms with Crippen LogP contribution in [0.4, 0.5) is 5.69 Å². The van der Waals surface area contributed by atoms with Crippen LogP contribution >= 0.6 is 11.8 Å². The normalized spacial score (nSPS) is 16.6. The lowest BCUT2D eigenvalue weighted by molar-refractivity contribution is 0.240. The molecule has 98 valence electrons. The van der Waals surface area contributed by atoms with Crippen LogP contribution in [0.5, 0.6) is 5.88 Å². The first-order valence-electron chi connectivity index (χ1n) is 6.18. The number of thioether (sulfide) groups is 1. The van der Waals surface area contributed by atoms with Crippen LogP contribution in [0, 0.1) is 0 Å². The number of hydrogen-bond donors (Lipinski definition) is 1. The van der Waals surface area contributed by atoms with Gasteiger partial charge in [-0.1, -0.05) is 36.9 Å². The third kappa shape index (κ3) is 2.35. The van der Waals surface area contributed by atoms with E-state index >= 15 is 0 Å². The molecule has 1 aliphatic heterocycles. The summed E-state index contributed by atoms with van der Waals surface area (Å²) in [6, 6.07) is 7.94. The van der Waals surface area contributed by atoms with E-state index in [2.05, 4.69) is 27.4 Å². The average Bonchev–Trinajstić information content (AvgIpc) is 2.54. The number of rotatable bonds is 2. The van der Waals surface area contributed by atoms with Crippen LogP contribution in [0.3, 0.4) is 0 Å². The molecule has 0 saturated heterocycles. The SMILES string of the molecule is CCSc1nnc2c(n1)O[C@@H](C)Nc1ccccc1-2. The molecule has 0 unspecified atom stereocenters. The number of ether oxygens (including phenoxy) is 1. The lowest BCUT2D eigenvalue weighted by atomic mass is 10.1. The fraction of sp³-hybridized carbons (Fsp3) is 0.308. The van der Waals surface area contributed by atoms with Gasteiger partial charge in [-0.3, -0.25) is 0 Å². The highest BCUT2D eigenvalue weighted by Crippen LogP contribution is 2.35. The van der Waals surface area contributed by atoms with E-state index in [9.17, 15) is 0 Å². The molecule has 1 N–H and O–H groups in total. The number of nitrogens with one attached hydrogen (secondary N) is 1. The fourth-order valence-corrected chi connectivity index (χ4v) is 2.47. The van der Waals surface area contributed by atoms with Crippen molar-refractivity contribution in [3.8, 4) is 17.1 Å². The van der Waals surface area contributed by atoms with Gasteiger partial charge in [0.25, 0.3) is 0 Å². The minimum absolute atomic E-state index is 0.154. The highest BCUT2D eigenvalue weighted by molar-refractivity contribution is 7.99. The van der Waals surface area contributed by atoms with Gasteiger partial charge < -0.3 is 10.1 Å². The molecule has 2 heterocycles. The molecule has 1 aromatic carbocycles. The topological polar surface area (TPSA) is 59.9 Å². The molecule has 2 aromatic rings. The Labute approximate surface area is 115 Å². The Kier molecular flexibility index (Phi) is 3.25. The van der Waals surface area contributed by atoms with Gasteiger partial charge >= 0.3 is 0 Å². The predicted octanol–water partition coefficient (Wildman–Crippen LogP) is 2.80. The second-order valence-electron chi connectivity index (χ2n) is 4.13. The van der Waals surface area contributed by atoms with Gasteiger partial charge in [0.05, 0.1) is 0 Å². The van der Waals surface area contributed by atoms with E-state index in [0.29, 0.717) is 16.7 Å². The minimum Gasteiger partial charge on any atom is -0.452 e. The fourth-order valence-electron chi connectivity index (χ4n) is 1.97. The molecule has 0 amide bonds. The Balaban J connectivity index is 2.13. The first kappa shape index (κ1) is 12.2. The molecule has 0 aliphatic carbocycles. The zero-order valence-corrected chi connectivity index (χ0v) is 11.6. The Hall–Kier alpha value is -1.82. The van der Waals surface area contributed by atoms with Gasteiger partial charge in [0, 0.05) is 11.3 Å².